The van der Waals surface area contributed by atoms with Crippen molar-refractivity contribution in [1.82, 2.24) is 0 Å². The van der Waals surface area contributed by atoms with Gasteiger partial charge in [-0.1, -0.05) is 0 Å². The molecular weight excluding hydrogens is 223 g/mol. The van der Waals surface area contributed by atoms with Crippen molar-refractivity contribution in [2.45, 2.75) is 18.7 Å². The molecule has 0 aromatic rings. The molecule has 1 radical (unpaired) electrons. The van der Waals surface area contributed by atoms with Gasteiger partial charge in [-0.2, -0.15) is 0 Å². The van der Waals surface area contributed by atoms with Crippen molar-refractivity contribution in [2.75, 3.05) is 0 Å². The Hall–Kier alpha value is 0.500. The molecule has 0 aliphatic carbocycles. The Labute approximate surface area is 68.7 Å². The molecule has 0 aromatic heterocycles. The topological polar surface area (TPSA) is 37.3 Å². The van der Waals surface area contributed by atoms with Crippen molar-refractivity contribution in [3.63, 3.8) is 0 Å². The van der Waals surface area contributed by atoms with Crippen LogP contribution in [0.25, 0.3) is 0 Å². The Morgan fingerprint density at radius 2 is 2.25 bits per heavy atom. The van der Waals surface area contributed by atoms with Gasteiger partial charge >= 0.3 is 5.97 Å². The van der Waals surface area contributed by atoms with E-state index in [0.717, 1.165) is 0 Å². The van der Waals surface area contributed by atoms with Gasteiger partial charge in [-0.3, -0.25) is 4.79 Å². The molecule has 0 aliphatic rings. The number of carbonyl (C=O) groups is 1. The number of halogens is 1. The second-order valence-electron chi connectivity index (χ2n) is 1.38. The summed E-state index contributed by atoms with van der Waals surface area (Å²) in [6, 6.07) is 0. The normalized spacial score (nSPS) is 11.8. The number of carboxylic acid groups (broad SMARTS) is 1. The molecule has 0 aliphatic heterocycles. The van der Waals surface area contributed by atoms with Gasteiger partial charge in [0.1, 0.15) is 0 Å². The van der Waals surface area contributed by atoms with Gasteiger partial charge in [0.15, 0.2) is 0 Å². The summed E-state index contributed by atoms with van der Waals surface area (Å²) in [5.74, 6) is -0.845. The molecule has 4 heteroatoms. The fourth-order valence-corrected chi connectivity index (χ4v) is 0.373. The molecule has 0 bridgehead atoms. The van der Waals surface area contributed by atoms with Crippen LogP contribution in [0, 0.1) is 0 Å². The van der Waals surface area contributed by atoms with Crippen molar-refractivity contribution in [1.29, 1.82) is 0 Å². The molecule has 0 saturated heterocycles. The van der Waals surface area contributed by atoms with E-state index in [2.05, 4.69) is 0 Å². The molecule has 2 nitrogen and oxygen atoms in total. The number of hydrogen-bond acceptors (Lipinski definition) is 1. The van der Waals surface area contributed by atoms with Crippen molar-refractivity contribution < 1.29 is 32.3 Å². The summed E-state index contributed by atoms with van der Waals surface area (Å²) in [5, 5.41) is 7.75. The Bertz CT molecular complexity index is 74.4. The van der Waals surface area contributed by atoms with E-state index < -0.39 is 5.97 Å². The van der Waals surface area contributed by atoms with E-state index in [9.17, 15) is 4.79 Å². The second-order valence-corrected chi connectivity index (χ2v) is 2.12. The summed E-state index contributed by atoms with van der Waals surface area (Å²) >= 11 is 5.29. The van der Waals surface area contributed by atoms with Crippen LogP contribution in [0.4, 0.5) is 0 Å². The van der Waals surface area contributed by atoms with E-state index >= 15 is 0 Å². The number of aliphatic carboxylic acids is 1. The Kier molecular flexibility index (Phi) is 7.97. The molecule has 0 spiro atoms. The molecule has 0 rings (SSSR count). The van der Waals surface area contributed by atoms with Crippen LogP contribution < -0.4 is 0 Å². The largest absolute Gasteiger partial charge is 0.481 e. The van der Waals surface area contributed by atoms with E-state index in [1.807, 2.05) is 0 Å². The first-order chi connectivity index (χ1) is 3.13. The van der Waals surface area contributed by atoms with E-state index in [-0.39, 0.29) is 34.2 Å². The molecule has 0 aromatic carbocycles. The number of hydrogen-bond donors (Lipinski definition) is 1. The van der Waals surface area contributed by atoms with Crippen molar-refractivity contribution in [2.24, 2.45) is 0 Å². The molecule has 1 N–H and O–H groups in total. The zero-order valence-corrected chi connectivity index (χ0v) is 6.56. The van der Waals surface area contributed by atoms with Gasteiger partial charge in [0.25, 0.3) is 0 Å². The van der Waals surface area contributed by atoms with Gasteiger partial charge in [0, 0.05) is 27.8 Å². The quantitative estimate of drug-likeness (QED) is 0.569. The first-order valence-corrected chi connectivity index (χ1v) is 2.42. The number of rotatable bonds is 2. The number of carboxylic acids is 1. The number of alkyl halides is 1. The first kappa shape index (κ1) is 11.3. The summed E-state index contributed by atoms with van der Waals surface area (Å²) in [6.45, 7) is 1.65. The van der Waals surface area contributed by atoms with E-state index in [0.29, 0.717) is 0 Å². The van der Waals surface area contributed by atoms with E-state index in [4.69, 9.17) is 16.7 Å². The average Bonchev–Trinajstić information content (AvgIpc) is 1.27. The third kappa shape index (κ3) is 9.71. The summed E-state index contributed by atoms with van der Waals surface area (Å²) in [6.07, 6.45) is 0.0432. The van der Waals surface area contributed by atoms with Crippen molar-refractivity contribution >= 4 is 17.6 Å². The Morgan fingerprint density at radius 3 is 2.25 bits per heavy atom. The third-order valence-electron chi connectivity index (χ3n) is 0.456. The van der Waals surface area contributed by atoms with Crippen molar-refractivity contribution in [3.8, 4) is 0 Å². The minimum atomic E-state index is -0.845. The summed E-state index contributed by atoms with van der Waals surface area (Å²) in [4.78, 5) is 9.73. The van der Waals surface area contributed by atoms with Crippen molar-refractivity contribution in [3.05, 3.63) is 0 Å². The summed E-state index contributed by atoms with van der Waals surface area (Å²) < 4.78 is 0. The average molecular weight is 230 g/mol. The van der Waals surface area contributed by atoms with E-state index in [1.165, 1.54) is 0 Å². The van der Waals surface area contributed by atoms with Crippen LogP contribution in [-0.4, -0.2) is 16.5 Å². The van der Waals surface area contributed by atoms with E-state index in [1.54, 1.807) is 6.92 Å². The smallest absolute Gasteiger partial charge is 0.304 e. The summed E-state index contributed by atoms with van der Waals surface area (Å²) in [5.41, 5.74) is 0. The maximum Gasteiger partial charge on any atom is 0.304 e. The minimum absolute atomic E-state index is 0. The van der Waals surface area contributed by atoms with Gasteiger partial charge in [0.2, 0.25) is 0 Å². The van der Waals surface area contributed by atoms with Crippen LogP contribution >= 0.6 is 11.6 Å². The molecule has 0 fully saturated rings. The fourth-order valence-electron chi connectivity index (χ4n) is 0.241. The van der Waals surface area contributed by atoms with Crippen LogP contribution in [-0.2, 0) is 27.2 Å². The minimum Gasteiger partial charge on any atom is -0.481 e. The monoisotopic (exact) mass is 229 g/mol. The van der Waals surface area contributed by atoms with Gasteiger partial charge in [-0.25, -0.2) is 0 Å². The Morgan fingerprint density at radius 1 is 1.88 bits per heavy atom. The predicted octanol–water partition coefficient (Wildman–Crippen LogP) is 1.09. The molecular formula is C4H7AgClO2. The zero-order chi connectivity index (χ0) is 5.86. The molecule has 0 saturated carbocycles. The first-order valence-electron chi connectivity index (χ1n) is 1.99. The van der Waals surface area contributed by atoms with Gasteiger partial charge in [-0.15, -0.1) is 11.6 Å². The predicted molar refractivity (Wildman–Crippen MR) is 27.6 cm³/mol. The third-order valence-corrected chi connectivity index (χ3v) is 0.610. The van der Waals surface area contributed by atoms with Gasteiger partial charge in [-0.05, 0) is 6.92 Å². The molecule has 1 unspecified atom stereocenters. The second kappa shape index (κ2) is 5.63. The maximum absolute atomic E-state index is 9.73. The molecule has 1 atom stereocenters. The molecule has 0 heterocycles. The van der Waals surface area contributed by atoms with Crippen LogP contribution in [0.5, 0.6) is 0 Å². The van der Waals surface area contributed by atoms with Gasteiger partial charge < -0.3 is 5.11 Å². The molecule has 0 amide bonds. The van der Waals surface area contributed by atoms with Crippen LogP contribution in [0.15, 0.2) is 0 Å². The van der Waals surface area contributed by atoms with Crippen LogP contribution in [0.1, 0.15) is 13.3 Å². The standard InChI is InChI=1S/C4H7ClO2.Ag/c1-3(5)2-4(6)7;/h3H,2H2,1H3,(H,6,7);. The summed E-state index contributed by atoms with van der Waals surface area (Å²) in [7, 11) is 0. The van der Waals surface area contributed by atoms with Gasteiger partial charge in [0.05, 0.1) is 6.42 Å². The fraction of sp³-hybridized carbons (Fsp3) is 0.750. The zero-order valence-electron chi connectivity index (χ0n) is 4.32. The van der Waals surface area contributed by atoms with Crippen LogP contribution in [0.3, 0.4) is 0 Å². The SMILES string of the molecule is CC(Cl)CC(=O)O.[Ag]. The molecule has 53 valence electrons. The maximum atomic E-state index is 9.73. The Balaban J connectivity index is 0. The van der Waals surface area contributed by atoms with Crippen LogP contribution in [0.2, 0.25) is 0 Å². The molecule has 8 heavy (non-hydrogen) atoms.